The number of benzene rings is 1. The highest BCUT2D eigenvalue weighted by Crippen LogP contribution is 2.31. The number of methoxy groups -OCH3 is 1. The van der Waals surface area contributed by atoms with Gasteiger partial charge < -0.3 is 23.8 Å². The van der Waals surface area contributed by atoms with Crippen LogP contribution in [-0.2, 0) is 11.3 Å². The maximum Gasteiger partial charge on any atom is 0.257 e. The number of rotatable bonds is 7. The summed E-state index contributed by atoms with van der Waals surface area (Å²) in [4.78, 5) is 37.8. The summed E-state index contributed by atoms with van der Waals surface area (Å²) in [6.45, 7) is 4.12. The quantitative estimate of drug-likeness (QED) is 0.511. The molecule has 10 heteroatoms. The maximum absolute atomic E-state index is 12.9. The van der Waals surface area contributed by atoms with Crippen LogP contribution < -0.4 is 9.47 Å². The van der Waals surface area contributed by atoms with Gasteiger partial charge in [0.1, 0.15) is 12.2 Å². The number of carbonyl (C=O) groups is 2. The Kier molecular flexibility index (Phi) is 6.35. The Hall–Kier alpha value is -3.95. The van der Waals surface area contributed by atoms with E-state index in [1.165, 1.54) is 7.11 Å². The molecule has 0 unspecified atom stereocenters. The van der Waals surface area contributed by atoms with Gasteiger partial charge in [-0.05, 0) is 43.5 Å². The van der Waals surface area contributed by atoms with E-state index in [1.54, 1.807) is 17.0 Å². The Morgan fingerprint density at radius 1 is 1.14 bits per heavy atom. The highest BCUT2D eigenvalue weighted by molar-refractivity contribution is 6.00. The molecule has 3 aromatic rings. The second kappa shape index (κ2) is 9.73. The van der Waals surface area contributed by atoms with Crippen LogP contribution >= 0.6 is 0 Å². The van der Waals surface area contributed by atoms with Gasteiger partial charge in [0.2, 0.25) is 17.6 Å². The van der Waals surface area contributed by atoms with Crippen LogP contribution in [0.2, 0.25) is 0 Å². The highest BCUT2D eigenvalue weighted by Gasteiger charge is 2.32. The third kappa shape index (κ3) is 4.55. The van der Waals surface area contributed by atoms with Crippen molar-refractivity contribution >= 4 is 11.8 Å². The van der Waals surface area contributed by atoms with Crippen molar-refractivity contribution in [1.82, 2.24) is 24.9 Å². The second-order valence-corrected chi connectivity index (χ2v) is 8.57. The summed E-state index contributed by atoms with van der Waals surface area (Å²) in [7, 11) is 1.53. The standard InChI is InChI=1S/C25H27N5O5/c1-3-34-20-9-8-19(26-24(20)33-2)22-27-23(35-28-22)16-10-12-29(13-11-16)21(31)15-30-14-17-6-4-5-7-18(17)25(30)32/h4-9,16H,3,10-15H2,1-2H3. The monoisotopic (exact) mass is 477 g/mol. The van der Waals surface area contributed by atoms with E-state index in [4.69, 9.17) is 14.0 Å². The van der Waals surface area contributed by atoms with Crippen molar-refractivity contribution in [2.24, 2.45) is 0 Å². The van der Waals surface area contributed by atoms with Crippen LogP contribution in [0.5, 0.6) is 11.6 Å². The summed E-state index contributed by atoms with van der Waals surface area (Å²) in [6, 6.07) is 11.0. The van der Waals surface area contributed by atoms with Crippen molar-refractivity contribution in [3.05, 3.63) is 53.4 Å². The molecule has 35 heavy (non-hydrogen) atoms. The fourth-order valence-corrected chi connectivity index (χ4v) is 4.55. The van der Waals surface area contributed by atoms with Crippen molar-refractivity contribution in [1.29, 1.82) is 0 Å². The Bertz CT molecular complexity index is 1230. The topological polar surface area (TPSA) is 111 Å². The van der Waals surface area contributed by atoms with Gasteiger partial charge >= 0.3 is 0 Å². The number of hydrogen-bond donors (Lipinski definition) is 0. The zero-order valence-electron chi connectivity index (χ0n) is 19.8. The number of piperidine rings is 1. The van der Waals surface area contributed by atoms with Gasteiger partial charge in [-0.15, -0.1) is 0 Å². The molecule has 0 saturated carbocycles. The summed E-state index contributed by atoms with van der Waals surface area (Å²) in [5.41, 5.74) is 2.19. The normalized spacial score (nSPS) is 15.9. The molecule has 2 aliphatic heterocycles. The number of pyridine rings is 1. The van der Waals surface area contributed by atoms with Crippen molar-refractivity contribution in [2.45, 2.75) is 32.2 Å². The average Bonchev–Trinajstić information content (AvgIpc) is 3.50. The Morgan fingerprint density at radius 2 is 1.94 bits per heavy atom. The van der Waals surface area contributed by atoms with Crippen LogP contribution in [0.3, 0.4) is 0 Å². The van der Waals surface area contributed by atoms with E-state index < -0.39 is 0 Å². The predicted molar refractivity (Wildman–Crippen MR) is 125 cm³/mol. The van der Waals surface area contributed by atoms with E-state index in [1.807, 2.05) is 36.1 Å². The largest absolute Gasteiger partial charge is 0.488 e. The first kappa shape index (κ1) is 22.8. The molecule has 0 N–H and O–H groups in total. The lowest BCUT2D eigenvalue weighted by Crippen LogP contribution is -2.44. The zero-order chi connectivity index (χ0) is 24.4. The Morgan fingerprint density at radius 3 is 2.69 bits per heavy atom. The molecule has 2 amide bonds. The van der Waals surface area contributed by atoms with Gasteiger partial charge in [0.25, 0.3) is 11.8 Å². The van der Waals surface area contributed by atoms with Gasteiger partial charge in [0.15, 0.2) is 5.75 Å². The molecular weight excluding hydrogens is 450 g/mol. The minimum absolute atomic E-state index is 0.0403. The highest BCUT2D eigenvalue weighted by atomic mass is 16.5. The summed E-state index contributed by atoms with van der Waals surface area (Å²) >= 11 is 0. The number of fused-ring (bicyclic) bond motifs is 1. The van der Waals surface area contributed by atoms with Crippen LogP contribution in [0.1, 0.15) is 47.5 Å². The number of amides is 2. The first-order valence-electron chi connectivity index (χ1n) is 11.7. The van der Waals surface area contributed by atoms with Gasteiger partial charge in [-0.2, -0.15) is 4.98 Å². The maximum atomic E-state index is 12.9. The molecule has 10 nitrogen and oxygen atoms in total. The first-order valence-corrected chi connectivity index (χ1v) is 11.7. The first-order chi connectivity index (χ1) is 17.1. The molecule has 2 aliphatic rings. The lowest BCUT2D eigenvalue weighted by molar-refractivity contribution is -0.133. The summed E-state index contributed by atoms with van der Waals surface area (Å²) < 4.78 is 16.3. The van der Waals surface area contributed by atoms with Gasteiger partial charge in [0, 0.05) is 31.1 Å². The van der Waals surface area contributed by atoms with Crippen LogP contribution in [0.15, 0.2) is 40.9 Å². The second-order valence-electron chi connectivity index (χ2n) is 8.57. The minimum atomic E-state index is -0.0817. The molecule has 5 rings (SSSR count). The van der Waals surface area contributed by atoms with Gasteiger partial charge in [0.05, 0.1) is 13.7 Å². The van der Waals surface area contributed by atoms with Crippen LogP contribution in [-0.4, -0.2) is 70.1 Å². The smallest absolute Gasteiger partial charge is 0.257 e. The van der Waals surface area contributed by atoms with Gasteiger partial charge in [-0.25, -0.2) is 4.98 Å². The number of hydrogen-bond acceptors (Lipinski definition) is 8. The Balaban J connectivity index is 1.18. The lowest BCUT2D eigenvalue weighted by Gasteiger charge is -2.31. The van der Waals surface area contributed by atoms with E-state index in [0.717, 1.165) is 5.56 Å². The Labute approximate surface area is 202 Å². The number of carbonyl (C=O) groups excluding carboxylic acids is 2. The molecule has 1 saturated heterocycles. The van der Waals surface area contributed by atoms with Crippen molar-refractivity contribution < 1.29 is 23.6 Å². The van der Waals surface area contributed by atoms with Crippen molar-refractivity contribution in [3.8, 4) is 23.1 Å². The van der Waals surface area contributed by atoms with E-state index in [2.05, 4.69) is 15.1 Å². The number of nitrogens with zero attached hydrogens (tertiary/aromatic N) is 5. The van der Waals surface area contributed by atoms with Gasteiger partial charge in [-0.1, -0.05) is 23.4 Å². The van der Waals surface area contributed by atoms with Crippen LogP contribution in [0.4, 0.5) is 0 Å². The van der Waals surface area contributed by atoms with Crippen LogP contribution in [0.25, 0.3) is 11.5 Å². The van der Waals surface area contributed by atoms with Gasteiger partial charge in [-0.3, -0.25) is 9.59 Å². The van der Waals surface area contributed by atoms with E-state index in [9.17, 15) is 9.59 Å². The third-order valence-electron chi connectivity index (χ3n) is 6.41. The van der Waals surface area contributed by atoms with E-state index in [-0.39, 0.29) is 24.3 Å². The molecule has 1 aromatic carbocycles. The molecule has 4 heterocycles. The predicted octanol–water partition coefficient (Wildman–Crippen LogP) is 2.90. The molecule has 0 spiro atoms. The molecule has 1 fully saturated rings. The molecule has 2 aromatic heterocycles. The zero-order valence-corrected chi connectivity index (χ0v) is 19.8. The molecule has 0 atom stereocenters. The minimum Gasteiger partial charge on any atom is -0.488 e. The third-order valence-corrected chi connectivity index (χ3v) is 6.41. The molecule has 0 radical (unpaired) electrons. The number of ether oxygens (including phenoxy) is 2. The fourth-order valence-electron chi connectivity index (χ4n) is 4.55. The van der Waals surface area contributed by atoms with E-state index >= 15 is 0 Å². The summed E-state index contributed by atoms with van der Waals surface area (Å²) in [5, 5.41) is 4.09. The SMILES string of the molecule is CCOc1ccc(-c2noc(C3CCN(C(=O)CN4Cc5ccccc5C4=O)CC3)n2)nc1OC. The van der Waals surface area contributed by atoms with Crippen LogP contribution in [0, 0.1) is 0 Å². The average molecular weight is 478 g/mol. The summed E-state index contributed by atoms with van der Waals surface area (Å²) in [5.74, 6) is 1.77. The molecule has 0 bridgehead atoms. The fraction of sp³-hybridized carbons (Fsp3) is 0.400. The molecular formula is C25H27N5O5. The molecule has 182 valence electrons. The van der Waals surface area contributed by atoms with Crippen molar-refractivity contribution in [3.63, 3.8) is 0 Å². The van der Waals surface area contributed by atoms with Crippen molar-refractivity contribution in [2.75, 3.05) is 33.4 Å². The van der Waals surface area contributed by atoms with E-state index in [0.29, 0.717) is 73.7 Å². The lowest BCUT2D eigenvalue weighted by atomic mass is 9.96. The number of aromatic nitrogens is 3. The number of likely N-dealkylation sites (tertiary alicyclic amines) is 1. The molecule has 0 aliphatic carbocycles. The summed E-state index contributed by atoms with van der Waals surface area (Å²) in [6.07, 6.45) is 1.42.